The third kappa shape index (κ3) is 2.37. The Morgan fingerprint density at radius 3 is 2.78 bits per heavy atom. The van der Waals surface area contributed by atoms with Crippen LogP contribution in [0.15, 0.2) is 23.1 Å². The number of nitrogens with zero attached hydrogens (tertiary/aromatic N) is 1. The van der Waals surface area contributed by atoms with Crippen LogP contribution in [0.3, 0.4) is 0 Å². The second kappa shape index (κ2) is 5.03. The van der Waals surface area contributed by atoms with Gasteiger partial charge in [0.2, 0.25) is 5.91 Å². The van der Waals surface area contributed by atoms with Crippen LogP contribution in [0.25, 0.3) is 0 Å². The Kier molecular flexibility index (Phi) is 3.63. The number of fused-ring (bicyclic) bond motifs is 1. The van der Waals surface area contributed by atoms with Gasteiger partial charge in [0.25, 0.3) is 0 Å². The molecule has 0 fully saturated rings. The van der Waals surface area contributed by atoms with E-state index in [4.69, 9.17) is 0 Å². The van der Waals surface area contributed by atoms with Crippen molar-refractivity contribution < 1.29 is 4.79 Å². The zero-order valence-corrected chi connectivity index (χ0v) is 11.5. The lowest BCUT2D eigenvalue weighted by molar-refractivity contribution is -0.115. The minimum absolute atomic E-state index is 0.0425. The van der Waals surface area contributed by atoms with Gasteiger partial charge in [-0.05, 0) is 30.5 Å². The van der Waals surface area contributed by atoms with E-state index in [-0.39, 0.29) is 23.0 Å². The van der Waals surface area contributed by atoms with Gasteiger partial charge in [0.05, 0.1) is 22.9 Å². The van der Waals surface area contributed by atoms with Crippen LogP contribution in [0.1, 0.15) is 32.3 Å². The highest BCUT2D eigenvalue weighted by atomic mass is 32.2. The van der Waals surface area contributed by atoms with Gasteiger partial charge in [0.1, 0.15) is 0 Å². The second-order valence-electron chi connectivity index (χ2n) is 4.86. The lowest BCUT2D eigenvalue weighted by atomic mass is 9.90. The number of rotatable bonds is 2. The van der Waals surface area contributed by atoms with E-state index in [0.29, 0.717) is 0 Å². The lowest BCUT2D eigenvalue weighted by Gasteiger charge is -2.23. The summed E-state index contributed by atoms with van der Waals surface area (Å²) in [6, 6.07) is 8.21. The fraction of sp³-hybridized carbons (Fsp3) is 0.429. The third-order valence-electron chi connectivity index (χ3n) is 3.10. The van der Waals surface area contributed by atoms with E-state index in [2.05, 4.69) is 11.4 Å². The summed E-state index contributed by atoms with van der Waals surface area (Å²) in [6.45, 7) is 5.98. The normalized spacial score (nSPS) is 19.9. The first kappa shape index (κ1) is 13.0. The summed E-state index contributed by atoms with van der Waals surface area (Å²) in [5.41, 5.74) is 1.88. The van der Waals surface area contributed by atoms with E-state index in [1.165, 1.54) is 0 Å². The molecule has 0 radical (unpaired) electrons. The van der Waals surface area contributed by atoms with Crippen LogP contribution in [0.2, 0.25) is 0 Å². The van der Waals surface area contributed by atoms with Gasteiger partial charge in [0.15, 0.2) is 0 Å². The molecule has 2 atom stereocenters. The number of carbonyl (C=O) groups is 1. The third-order valence-corrected chi connectivity index (χ3v) is 4.26. The number of benzene rings is 1. The monoisotopic (exact) mass is 260 g/mol. The number of amides is 1. The maximum absolute atomic E-state index is 11.6. The molecule has 1 amide bonds. The maximum Gasteiger partial charge on any atom is 0.237 e. The standard InChI is InChI=1S/C14H16N2OS/c1-8(2)11(7-15)10-4-5-12-13(6-10)18-9(3)14(17)16-12/h4-6,8-9,11H,1-3H3,(H,16,17). The number of carbonyl (C=O) groups excluding carboxylic acids is 1. The van der Waals surface area contributed by atoms with Crippen molar-refractivity contribution in [2.24, 2.45) is 5.92 Å². The minimum atomic E-state index is -0.0937. The molecular weight excluding hydrogens is 244 g/mol. The zero-order chi connectivity index (χ0) is 13.3. The largest absolute Gasteiger partial charge is 0.324 e. The molecule has 0 saturated heterocycles. The fourth-order valence-electron chi connectivity index (χ4n) is 2.02. The number of nitrogens with one attached hydrogen (secondary N) is 1. The van der Waals surface area contributed by atoms with Crippen molar-refractivity contribution in [3.05, 3.63) is 23.8 Å². The molecular formula is C14H16N2OS. The topological polar surface area (TPSA) is 52.9 Å². The molecule has 0 aliphatic carbocycles. The van der Waals surface area contributed by atoms with Crippen LogP contribution in [-0.2, 0) is 4.79 Å². The molecule has 94 valence electrons. The molecule has 0 spiro atoms. The average molecular weight is 260 g/mol. The van der Waals surface area contributed by atoms with Gasteiger partial charge in [-0.1, -0.05) is 19.9 Å². The smallest absolute Gasteiger partial charge is 0.237 e. The van der Waals surface area contributed by atoms with Gasteiger partial charge in [-0.25, -0.2) is 0 Å². The van der Waals surface area contributed by atoms with Gasteiger partial charge in [-0.3, -0.25) is 4.79 Å². The van der Waals surface area contributed by atoms with Crippen molar-refractivity contribution >= 4 is 23.4 Å². The summed E-state index contributed by atoms with van der Waals surface area (Å²) in [7, 11) is 0. The fourth-order valence-corrected chi connectivity index (χ4v) is 3.02. The van der Waals surface area contributed by atoms with Gasteiger partial charge >= 0.3 is 0 Å². The van der Waals surface area contributed by atoms with Crippen molar-refractivity contribution in [2.45, 2.75) is 36.8 Å². The number of thioether (sulfide) groups is 1. The van der Waals surface area contributed by atoms with E-state index in [9.17, 15) is 10.1 Å². The highest BCUT2D eigenvalue weighted by molar-refractivity contribution is 8.00. The van der Waals surface area contributed by atoms with E-state index in [0.717, 1.165) is 16.1 Å². The van der Waals surface area contributed by atoms with Crippen molar-refractivity contribution in [2.75, 3.05) is 5.32 Å². The molecule has 1 aliphatic heterocycles. The molecule has 1 N–H and O–H groups in total. The molecule has 1 heterocycles. The van der Waals surface area contributed by atoms with Gasteiger partial charge in [-0.2, -0.15) is 5.26 Å². The minimum Gasteiger partial charge on any atom is -0.324 e. The maximum atomic E-state index is 11.6. The molecule has 1 aliphatic rings. The molecule has 0 saturated carbocycles. The van der Waals surface area contributed by atoms with E-state index in [1.807, 2.05) is 39.0 Å². The first-order chi connectivity index (χ1) is 8.52. The van der Waals surface area contributed by atoms with Crippen molar-refractivity contribution in [3.63, 3.8) is 0 Å². The van der Waals surface area contributed by atoms with E-state index in [1.54, 1.807) is 11.8 Å². The lowest BCUT2D eigenvalue weighted by Crippen LogP contribution is -2.26. The van der Waals surface area contributed by atoms with Crippen molar-refractivity contribution in [1.29, 1.82) is 5.26 Å². The van der Waals surface area contributed by atoms with Crippen LogP contribution >= 0.6 is 11.8 Å². The zero-order valence-electron chi connectivity index (χ0n) is 10.7. The Hall–Kier alpha value is -1.47. The van der Waals surface area contributed by atoms with Gasteiger partial charge < -0.3 is 5.32 Å². The molecule has 1 aromatic rings. The van der Waals surface area contributed by atoms with Crippen LogP contribution < -0.4 is 5.32 Å². The molecule has 2 rings (SSSR count). The van der Waals surface area contributed by atoms with E-state index < -0.39 is 0 Å². The Morgan fingerprint density at radius 2 is 2.17 bits per heavy atom. The van der Waals surface area contributed by atoms with Crippen molar-refractivity contribution in [1.82, 2.24) is 0 Å². The van der Waals surface area contributed by atoms with E-state index >= 15 is 0 Å². The Balaban J connectivity index is 2.36. The summed E-state index contributed by atoms with van der Waals surface area (Å²) < 4.78 is 0. The number of hydrogen-bond acceptors (Lipinski definition) is 3. The number of hydrogen-bond donors (Lipinski definition) is 1. The highest BCUT2D eigenvalue weighted by Crippen LogP contribution is 2.38. The van der Waals surface area contributed by atoms with Gasteiger partial charge in [-0.15, -0.1) is 11.8 Å². The first-order valence-corrected chi connectivity index (χ1v) is 6.92. The number of anilines is 1. The molecule has 3 nitrogen and oxygen atoms in total. The molecule has 0 aromatic heterocycles. The first-order valence-electron chi connectivity index (χ1n) is 6.04. The molecule has 18 heavy (non-hydrogen) atoms. The summed E-state index contributed by atoms with van der Waals surface area (Å²) >= 11 is 1.55. The predicted octanol–water partition coefficient (Wildman–Crippen LogP) is 3.38. The molecule has 1 aromatic carbocycles. The molecule has 2 unspecified atom stereocenters. The summed E-state index contributed by atoms with van der Waals surface area (Å²) in [5.74, 6) is 0.235. The van der Waals surface area contributed by atoms with Crippen LogP contribution in [0, 0.1) is 17.2 Å². The summed E-state index contributed by atoms with van der Waals surface area (Å²) in [6.07, 6.45) is 0. The van der Waals surface area contributed by atoms with Crippen LogP contribution in [0.5, 0.6) is 0 Å². The Labute approximate surface area is 112 Å². The Morgan fingerprint density at radius 1 is 1.44 bits per heavy atom. The highest BCUT2D eigenvalue weighted by Gasteiger charge is 2.24. The van der Waals surface area contributed by atoms with Gasteiger partial charge in [0, 0.05) is 4.90 Å². The quantitative estimate of drug-likeness (QED) is 0.886. The molecule has 4 heteroatoms. The molecule has 0 bridgehead atoms. The van der Waals surface area contributed by atoms with Crippen LogP contribution in [0.4, 0.5) is 5.69 Å². The second-order valence-corrected chi connectivity index (χ2v) is 6.24. The summed E-state index contributed by atoms with van der Waals surface area (Å²) in [5, 5.41) is 12.0. The Bertz CT molecular complexity index is 519. The summed E-state index contributed by atoms with van der Waals surface area (Å²) in [4.78, 5) is 12.6. The predicted molar refractivity (Wildman–Crippen MR) is 73.6 cm³/mol. The average Bonchev–Trinajstić information content (AvgIpc) is 2.31. The van der Waals surface area contributed by atoms with Crippen LogP contribution in [-0.4, -0.2) is 11.2 Å². The number of nitriles is 1. The SMILES string of the molecule is CC1Sc2cc(C(C#N)C(C)C)ccc2NC1=O. The van der Waals surface area contributed by atoms with Crippen molar-refractivity contribution in [3.8, 4) is 6.07 Å².